The molecule has 3 aromatic heterocycles. The molecule has 3 heterocycles. The highest BCUT2D eigenvalue weighted by Crippen LogP contribution is 2.23. The van der Waals surface area contributed by atoms with Gasteiger partial charge in [-0.05, 0) is 53.4 Å². The minimum atomic E-state index is -0.229. The molecule has 0 aliphatic rings. The fourth-order valence-corrected chi connectivity index (χ4v) is 3.21. The normalized spacial score (nSPS) is 12.9. The lowest BCUT2D eigenvalue weighted by Gasteiger charge is -2.31. The first-order valence-electron chi connectivity index (χ1n) is 9.21. The van der Waals surface area contributed by atoms with Crippen molar-refractivity contribution in [1.82, 2.24) is 24.9 Å². The molecule has 3 aromatic rings. The molecule has 1 unspecified atom stereocenters. The van der Waals surface area contributed by atoms with E-state index in [-0.39, 0.29) is 17.4 Å². The molecule has 1 amide bonds. The average molecular weight is 448 g/mol. The molecule has 0 aromatic carbocycles. The Hall–Kier alpha value is -2.35. The van der Waals surface area contributed by atoms with Crippen molar-refractivity contribution < 1.29 is 9.21 Å². The van der Waals surface area contributed by atoms with Gasteiger partial charge in [-0.15, -0.1) is 0 Å². The van der Waals surface area contributed by atoms with E-state index < -0.39 is 0 Å². The Morgan fingerprint density at radius 3 is 2.64 bits per heavy atom. The summed E-state index contributed by atoms with van der Waals surface area (Å²) < 4.78 is 10.5. The molecule has 0 saturated carbocycles. The number of furan rings is 1. The van der Waals surface area contributed by atoms with Crippen molar-refractivity contribution in [3.05, 3.63) is 58.0 Å². The molecule has 8 heteroatoms. The van der Waals surface area contributed by atoms with Crippen LogP contribution in [-0.4, -0.2) is 31.5 Å². The second-order valence-electron chi connectivity index (χ2n) is 8.03. The van der Waals surface area contributed by atoms with Crippen LogP contribution in [0.2, 0.25) is 0 Å². The number of carbonyl (C=O) groups is 1. The number of hydrogen-bond acceptors (Lipinski definition) is 4. The average Bonchev–Trinajstić information content (AvgIpc) is 3.34. The lowest BCUT2D eigenvalue weighted by atomic mass is 9.86. The van der Waals surface area contributed by atoms with Gasteiger partial charge in [-0.1, -0.05) is 20.8 Å². The van der Waals surface area contributed by atoms with Crippen molar-refractivity contribution >= 4 is 21.8 Å². The monoisotopic (exact) mass is 447 g/mol. The fraction of sp³-hybridized carbons (Fsp3) is 0.450. The molecule has 150 valence electrons. The number of amides is 1. The van der Waals surface area contributed by atoms with Crippen LogP contribution in [0.25, 0.3) is 0 Å². The third kappa shape index (κ3) is 4.55. The molecule has 0 spiro atoms. The molecule has 0 radical (unpaired) electrons. The van der Waals surface area contributed by atoms with Gasteiger partial charge in [0, 0.05) is 12.4 Å². The molecule has 0 fully saturated rings. The Kier molecular flexibility index (Phi) is 5.79. The maximum absolute atomic E-state index is 12.8. The zero-order chi connectivity index (χ0) is 20.5. The molecule has 28 heavy (non-hydrogen) atoms. The third-order valence-electron chi connectivity index (χ3n) is 4.76. The Bertz CT molecular complexity index is 950. The second-order valence-corrected chi connectivity index (χ2v) is 8.82. The Morgan fingerprint density at radius 2 is 2.07 bits per heavy atom. The van der Waals surface area contributed by atoms with Gasteiger partial charge < -0.3 is 9.73 Å². The van der Waals surface area contributed by atoms with Crippen LogP contribution in [-0.2, 0) is 13.1 Å². The quantitative estimate of drug-likeness (QED) is 0.620. The summed E-state index contributed by atoms with van der Waals surface area (Å²) >= 11 is 3.53. The number of rotatable bonds is 6. The number of carbonyl (C=O) groups excluding carboxylic acids is 1. The summed E-state index contributed by atoms with van der Waals surface area (Å²) in [6.45, 7) is 11.3. The molecule has 3 rings (SSSR count). The lowest BCUT2D eigenvalue weighted by molar-refractivity contribution is 0.0860. The van der Waals surface area contributed by atoms with Gasteiger partial charge in [-0.2, -0.15) is 10.2 Å². The van der Waals surface area contributed by atoms with Crippen molar-refractivity contribution in [3.63, 3.8) is 0 Å². The second kappa shape index (κ2) is 7.95. The van der Waals surface area contributed by atoms with Crippen LogP contribution < -0.4 is 5.32 Å². The van der Waals surface area contributed by atoms with Crippen LogP contribution in [0.4, 0.5) is 0 Å². The van der Waals surface area contributed by atoms with E-state index in [1.54, 1.807) is 12.3 Å². The van der Waals surface area contributed by atoms with Gasteiger partial charge in [-0.3, -0.25) is 14.2 Å². The highest BCUT2D eigenvalue weighted by molar-refractivity contribution is 9.10. The van der Waals surface area contributed by atoms with Crippen LogP contribution in [0.1, 0.15) is 48.5 Å². The first-order chi connectivity index (χ1) is 13.1. The molecular formula is C20H26BrN5O2. The van der Waals surface area contributed by atoms with E-state index in [1.807, 2.05) is 41.5 Å². The molecule has 7 nitrogen and oxygen atoms in total. The summed E-state index contributed by atoms with van der Waals surface area (Å²) in [7, 11) is 0. The van der Waals surface area contributed by atoms with Crippen LogP contribution in [0.5, 0.6) is 0 Å². The van der Waals surface area contributed by atoms with E-state index in [1.165, 1.54) is 0 Å². The standard InChI is InChI=1S/C20H26BrN5O2/c1-13-18(21)14(2)26(24-13)11-15-7-8-16(28-15)19(27)23-17(20(3,4)5)12-25-10-6-9-22-25/h6-10,17H,11-12H2,1-5H3,(H,23,27). The van der Waals surface area contributed by atoms with Gasteiger partial charge in [0.05, 0.1) is 35.0 Å². The Morgan fingerprint density at radius 1 is 1.32 bits per heavy atom. The maximum atomic E-state index is 12.8. The van der Waals surface area contributed by atoms with Gasteiger partial charge >= 0.3 is 0 Å². The van der Waals surface area contributed by atoms with Crippen molar-refractivity contribution in [2.75, 3.05) is 0 Å². The molecule has 0 bridgehead atoms. The molecule has 0 aliphatic carbocycles. The van der Waals surface area contributed by atoms with Gasteiger partial charge in [0.15, 0.2) is 5.76 Å². The van der Waals surface area contributed by atoms with Gasteiger partial charge in [-0.25, -0.2) is 0 Å². The number of aryl methyl sites for hydroxylation is 1. The first kappa shape index (κ1) is 20.4. The summed E-state index contributed by atoms with van der Waals surface area (Å²) in [5.74, 6) is 0.751. The minimum absolute atomic E-state index is 0.0968. The third-order valence-corrected chi connectivity index (χ3v) is 5.91. The summed E-state index contributed by atoms with van der Waals surface area (Å²) in [6, 6.07) is 5.30. The first-order valence-corrected chi connectivity index (χ1v) is 10.0. The maximum Gasteiger partial charge on any atom is 0.287 e. The van der Waals surface area contributed by atoms with E-state index in [0.717, 1.165) is 15.9 Å². The highest BCUT2D eigenvalue weighted by Gasteiger charge is 2.28. The van der Waals surface area contributed by atoms with E-state index in [0.29, 0.717) is 24.6 Å². The summed E-state index contributed by atoms with van der Waals surface area (Å²) in [5, 5.41) is 11.8. The predicted molar refractivity (Wildman–Crippen MR) is 110 cm³/mol. The zero-order valence-electron chi connectivity index (χ0n) is 16.9. The zero-order valence-corrected chi connectivity index (χ0v) is 18.4. The SMILES string of the molecule is Cc1nn(Cc2ccc(C(=O)NC(Cn3cccn3)C(C)(C)C)o2)c(C)c1Br. The van der Waals surface area contributed by atoms with Crippen molar-refractivity contribution in [2.24, 2.45) is 5.41 Å². The number of nitrogens with zero attached hydrogens (tertiary/aromatic N) is 4. The lowest BCUT2D eigenvalue weighted by Crippen LogP contribution is -2.46. The summed E-state index contributed by atoms with van der Waals surface area (Å²) in [6.07, 6.45) is 3.63. The summed E-state index contributed by atoms with van der Waals surface area (Å²) in [4.78, 5) is 12.8. The topological polar surface area (TPSA) is 77.9 Å². The van der Waals surface area contributed by atoms with Gasteiger partial charge in [0.25, 0.3) is 5.91 Å². The van der Waals surface area contributed by atoms with Crippen molar-refractivity contribution in [3.8, 4) is 0 Å². The van der Waals surface area contributed by atoms with E-state index in [4.69, 9.17) is 4.42 Å². The Balaban J connectivity index is 1.71. The molecular weight excluding hydrogens is 422 g/mol. The molecule has 1 atom stereocenters. The minimum Gasteiger partial charge on any atom is -0.454 e. The summed E-state index contributed by atoms with van der Waals surface area (Å²) in [5.41, 5.74) is 1.81. The van der Waals surface area contributed by atoms with Crippen LogP contribution >= 0.6 is 15.9 Å². The predicted octanol–water partition coefficient (Wildman–Crippen LogP) is 3.94. The van der Waals surface area contributed by atoms with E-state index in [9.17, 15) is 4.79 Å². The highest BCUT2D eigenvalue weighted by atomic mass is 79.9. The van der Waals surface area contributed by atoms with E-state index >= 15 is 0 Å². The number of halogens is 1. The molecule has 0 aliphatic heterocycles. The van der Waals surface area contributed by atoms with Gasteiger partial charge in [0.2, 0.25) is 0 Å². The smallest absolute Gasteiger partial charge is 0.287 e. The fourth-order valence-electron chi connectivity index (χ4n) is 2.92. The van der Waals surface area contributed by atoms with Gasteiger partial charge in [0.1, 0.15) is 5.76 Å². The largest absolute Gasteiger partial charge is 0.454 e. The van der Waals surface area contributed by atoms with Crippen molar-refractivity contribution in [2.45, 2.75) is 53.8 Å². The molecule has 1 N–H and O–H groups in total. The Labute approximate surface area is 173 Å². The van der Waals surface area contributed by atoms with Crippen molar-refractivity contribution in [1.29, 1.82) is 0 Å². The number of aromatic nitrogens is 4. The number of nitrogens with one attached hydrogen (secondary N) is 1. The molecule has 0 saturated heterocycles. The number of hydrogen-bond donors (Lipinski definition) is 1. The van der Waals surface area contributed by atoms with Crippen LogP contribution in [0.3, 0.4) is 0 Å². The van der Waals surface area contributed by atoms with E-state index in [2.05, 4.69) is 52.2 Å². The van der Waals surface area contributed by atoms with Crippen LogP contribution in [0.15, 0.2) is 39.5 Å². The van der Waals surface area contributed by atoms with Crippen LogP contribution in [0, 0.1) is 19.3 Å².